The van der Waals surface area contributed by atoms with Crippen molar-refractivity contribution in [1.82, 2.24) is 9.80 Å². The van der Waals surface area contributed by atoms with Crippen molar-refractivity contribution in [2.24, 2.45) is 0 Å². The summed E-state index contributed by atoms with van der Waals surface area (Å²) in [7, 11) is 0. The highest BCUT2D eigenvalue weighted by atomic mass is 35.5. The van der Waals surface area contributed by atoms with E-state index in [2.05, 4.69) is 4.90 Å². The second-order valence-corrected chi connectivity index (χ2v) is 7.02. The van der Waals surface area contributed by atoms with Gasteiger partial charge in [0.1, 0.15) is 5.82 Å². The van der Waals surface area contributed by atoms with Crippen LogP contribution in [-0.4, -0.2) is 47.9 Å². The van der Waals surface area contributed by atoms with Crippen LogP contribution in [0.5, 0.6) is 0 Å². The predicted octanol–water partition coefficient (Wildman–Crippen LogP) is 3.96. The lowest BCUT2D eigenvalue weighted by atomic mass is 9.98. The number of carbonyl (C=O) groups excluding carboxylic acids is 1. The van der Waals surface area contributed by atoms with Gasteiger partial charge in [-0.05, 0) is 69.8 Å². The lowest BCUT2D eigenvalue weighted by molar-refractivity contribution is 0.0588. The van der Waals surface area contributed by atoms with Crippen LogP contribution in [0.2, 0.25) is 5.02 Å². The molecule has 1 unspecified atom stereocenters. The Hall–Kier alpha value is -1.13. The lowest BCUT2D eigenvalue weighted by Gasteiger charge is -2.36. The van der Waals surface area contributed by atoms with Gasteiger partial charge in [0.05, 0.1) is 5.02 Å². The van der Waals surface area contributed by atoms with Crippen molar-refractivity contribution < 1.29 is 9.18 Å². The third-order valence-corrected chi connectivity index (χ3v) is 5.32. The van der Waals surface area contributed by atoms with E-state index in [0.29, 0.717) is 11.6 Å². The van der Waals surface area contributed by atoms with Crippen molar-refractivity contribution in [2.75, 3.05) is 26.2 Å². The standard InChI is InChI=1S/C18H24ClFN2O/c19-16-13-14(6-7-17(16)20)18(23)22-11-2-1-5-15(22)8-12-21-9-3-4-10-21/h6-7,13,15H,1-5,8-12H2. The smallest absolute Gasteiger partial charge is 0.254 e. The fourth-order valence-electron chi connectivity index (χ4n) is 3.70. The van der Waals surface area contributed by atoms with Gasteiger partial charge < -0.3 is 9.80 Å². The number of hydrogen-bond donors (Lipinski definition) is 0. The monoisotopic (exact) mass is 338 g/mol. The molecule has 0 radical (unpaired) electrons. The van der Waals surface area contributed by atoms with Crippen LogP contribution in [-0.2, 0) is 0 Å². The molecule has 1 atom stereocenters. The number of likely N-dealkylation sites (tertiary alicyclic amines) is 2. The molecule has 2 heterocycles. The maximum atomic E-state index is 13.3. The van der Waals surface area contributed by atoms with Gasteiger partial charge in [0.15, 0.2) is 0 Å². The van der Waals surface area contributed by atoms with E-state index >= 15 is 0 Å². The van der Waals surface area contributed by atoms with Gasteiger partial charge in [-0.2, -0.15) is 0 Å². The largest absolute Gasteiger partial charge is 0.336 e. The van der Waals surface area contributed by atoms with Crippen molar-refractivity contribution in [3.63, 3.8) is 0 Å². The van der Waals surface area contributed by atoms with Gasteiger partial charge in [-0.3, -0.25) is 4.79 Å². The van der Waals surface area contributed by atoms with Gasteiger partial charge in [-0.1, -0.05) is 11.6 Å². The van der Waals surface area contributed by atoms with Gasteiger partial charge >= 0.3 is 0 Å². The molecule has 3 rings (SSSR count). The zero-order valence-electron chi connectivity index (χ0n) is 13.4. The van der Waals surface area contributed by atoms with E-state index in [1.54, 1.807) is 0 Å². The van der Waals surface area contributed by atoms with Crippen LogP contribution in [0.3, 0.4) is 0 Å². The highest BCUT2D eigenvalue weighted by molar-refractivity contribution is 6.31. The van der Waals surface area contributed by atoms with Gasteiger partial charge in [0.2, 0.25) is 0 Å². The molecule has 0 aromatic heterocycles. The van der Waals surface area contributed by atoms with Crippen LogP contribution in [0.4, 0.5) is 4.39 Å². The molecule has 0 N–H and O–H groups in total. The first-order valence-corrected chi connectivity index (χ1v) is 9.01. The van der Waals surface area contributed by atoms with Crippen LogP contribution in [0, 0.1) is 5.82 Å². The van der Waals surface area contributed by atoms with Crippen molar-refractivity contribution in [2.45, 2.75) is 44.6 Å². The topological polar surface area (TPSA) is 23.6 Å². The Bertz CT molecular complexity index is 560. The average Bonchev–Trinajstić information content (AvgIpc) is 3.08. The molecule has 0 bridgehead atoms. The SMILES string of the molecule is O=C(c1ccc(F)c(Cl)c1)N1CCCCC1CCN1CCCC1. The number of nitrogens with zero attached hydrogens (tertiary/aromatic N) is 2. The summed E-state index contributed by atoms with van der Waals surface area (Å²) in [5.41, 5.74) is 0.490. The minimum absolute atomic E-state index is 0.0153. The summed E-state index contributed by atoms with van der Waals surface area (Å²) in [6.07, 6.45) is 6.90. The molecule has 0 saturated carbocycles. The Morgan fingerprint density at radius 2 is 1.91 bits per heavy atom. The van der Waals surface area contributed by atoms with Gasteiger partial charge in [-0.25, -0.2) is 4.39 Å². The summed E-state index contributed by atoms with van der Waals surface area (Å²) < 4.78 is 13.3. The van der Waals surface area contributed by atoms with E-state index in [9.17, 15) is 9.18 Å². The normalized spacial score (nSPS) is 22.5. The van der Waals surface area contributed by atoms with E-state index in [-0.39, 0.29) is 10.9 Å². The molecule has 5 heteroatoms. The van der Waals surface area contributed by atoms with Crippen LogP contribution in [0.25, 0.3) is 0 Å². The molecule has 1 aromatic carbocycles. The zero-order valence-corrected chi connectivity index (χ0v) is 14.2. The fourth-order valence-corrected chi connectivity index (χ4v) is 3.88. The first-order chi connectivity index (χ1) is 11.1. The second kappa shape index (κ2) is 7.63. The molecule has 1 aromatic rings. The maximum absolute atomic E-state index is 13.3. The van der Waals surface area contributed by atoms with Crippen LogP contribution < -0.4 is 0 Å². The van der Waals surface area contributed by atoms with Crippen molar-refractivity contribution >= 4 is 17.5 Å². The first kappa shape index (κ1) is 16.7. The quantitative estimate of drug-likeness (QED) is 0.829. The Kier molecular flexibility index (Phi) is 5.54. The third-order valence-electron chi connectivity index (χ3n) is 5.03. The third kappa shape index (κ3) is 4.04. The molecular formula is C18H24ClFN2O. The van der Waals surface area contributed by atoms with E-state index in [4.69, 9.17) is 11.6 Å². The Morgan fingerprint density at radius 3 is 2.65 bits per heavy atom. The molecule has 0 spiro atoms. The number of piperidine rings is 1. The second-order valence-electron chi connectivity index (χ2n) is 6.61. The van der Waals surface area contributed by atoms with Gasteiger partial charge in [-0.15, -0.1) is 0 Å². The Balaban J connectivity index is 1.66. The summed E-state index contributed by atoms with van der Waals surface area (Å²) in [5, 5.41) is 0.0153. The molecule has 2 aliphatic rings. The number of carbonyl (C=O) groups is 1. The molecule has 3 nitrogen and oxygen atoms in total. The van der Waals surface area contributed by atoms with Crippen molar-refractivity contribution in [3.8, 4) is 0 Å². The van der Waals surface area contributed by atoms with Gasteiger partial charge in [0, 0.05) is 24.7 Å². The summed E-state index contributed by atoms with van der Waals surface area (Å²) in [4.78, 5) is 17.3. The van der Waals surface area contributed by atoms with Crippen LogP contribution in [0.15, 0.2) is 18.2 Å². The number of rotatable bonds is 4. The van der Waals surface area contributed by atoms with Crippen LogP contribution >= 0.6 is 11.6 Å². The number of halogens is 2. The summed E-state index contributed by atoms with van der Waals surface area (Å²) >= 11 is 5.83. The molecular weight excluding hydrogens is 315 g/mol. The fraction of sp³-hybridized carbons (Fsp3) is 0.611. The number of benzene rings is 1. The molecule has 2 saturated heterocycles. The maximum Gasteiger partial charge on any atom is 0.254 e. The minimum Gasteiger partial charge on any atom is -0.336 e. The lowest BCUT2D eigenvalue weighted by Crippen LogP contribution is -2.45. The molecule has 1 amide bonds. The predicted molar refractivity (Wildman–Crippen MR) is 90.4 cm³/mol. The van der Waals surface area contributed by atoms with E-state index < -0.39 is 5.82 Å². The summed E-state index contributed by atoms with van der Waals surface area (Å²) in [5.74, 6) is -0.495. The highest BCUT2D eigenvalue weighted by Crippen LogP contribution is 2.24. The highest BCUT2D eigenvalue weighted by Gasteiger charge is 2.28. The van der Waals surface area contributed by atoms with Gasteiger partial charge in [0.25, 0.3) is 5.91 Å². The van der Waals surface area contributed by atoms with E-state index in [1.165, 1.54) is 50.6 Å². The molecule has 2 aliphatic heterocycles. The molecule has 126 valence electrons. The zero-order chi connectivity index (χ0) is 16.2. The molecule has 2 fully saturated rings. The molecule has 0 aliphatic carbocycles. The summed E-state index contributed by atoms with van der Waals surface area (Å²) in [6.45, 7) is 4.24. The van der Waals surface area contributed by atoms with Crippen molar-refractivity contribution in [1.29, 1.82) is 0 Å². The Labute approximate surface area is 142 Å². The molecule has 23 heavy (non-hydrogen) atoms. The first-order valence-electron chi connectivity index (χ1n) is 8.63. The minimum atomic E-state index is -0.479. The van der Waals surface area contributed by atoms with Crippen molar-refractivity contribution in [3.05, 3.63) is 34.6 Å². The average molecular weight is 339 g/mol. The van der Waals surface area contributed by atoms with Crippen LogP contribution in [0.1, 0.15) is 48.9 Å². The number of hydrogen-bond acceptors (Lipinski definition) is 2. The summed E-state index contributed by atoms with van der Waals surface area (Å²) in [6, 6.07) is 4.56. The van der Waals surface area contributed by atoms with E-state index in [0.717, 1.165) is 32.4 Å². The van der Waals surface area contributed by atoms with E-state index in [1.807, 2.05) is 4.90 Å². The number of amides is 1. The Morgan fingerprint density at radius 1 is 1.17 bits per heavy atom.